The zero-order valence-electron chi connectivity index (χ0n) is 7.57. The summed E-state index contributed by atoms with van der Waals surface area (Å²) in [7, 11) is 1.97. The third kappa shape index (κ3) is 2.06. The van der Waals surface area contributed by atoms with Crippen molar-refractivity contribution in [3.63, 3.8) is 0 Å². The summed E-state index contributed by atoms with van der Waals surface area (Å²) >= 11 is 0. The van der Waals surface area contributed by atoms with Gasteiger partial charge in [0.05, 0.1) is 7.05 Å². The molecule has 1 rings (SSSR count). The maximum Gasteiger partial charge on any atom is 0.130 e. The van der Waals surface area contributed by atoms with E-state index in [-0.39, 0.29) is 12.1 Å². The maximum absolute atomic E-state index is 9.76. The van der Waals surface area contributed by atoms with Gasteiger partial charge in [0.2, 0.25) is 0 Å². The number of nitrogens with two attached hydrogens (primary N) is 1. The fourth-order valence-electron chi connectivity index (χ4n) is 1.14. The minimum atomic E-state index is -0.365. The smallest absolute Gasteiger partial charge is 0.130 e. The standard InChI is InChI=1S/C10H15NO/c1-8(11-2)10(12)9-6-4-3-5-7-9/h3-8,10-12H,1-2H3/p+1/t8-,10?/m0/s1. The molecule has 0 radical (unpaired) electrons. The average molecular weight is 166 g/mol. The molecule has 0 aliphatic heterocycles. The molecule has 2 heteroatoms. The van der Waals surface area contributed by atoms with Crippen molar-refractivity contribution in [1.29, 1.82) is 0 Å². The van der Waals surface area contributed by atoms with Crippen LogP contribution in [0.3, 0.4) is 0 Å². The number of likely N-dealkylation sites (N-methyl/N-ethyl adjacent to an activating group) is 1. The summed E-state index contributed by atoms with van der Waals surface area (Å²) in [6.45, 7) is 2.01. The second-order valence-corrected chi connectivity index (χ2v) is 3.05. The van der Waals surface area contributed by atoms with Crippen molar-refractivity contribution in [2.75, 3.05) is 7.05 Å². The van der Waals surface area contributed by atoms with Crippen molar-refractivity contribution in [3.8, 4) is 0 Å². The summed E-state index contributed by atoms with van der Waals surface area (Å²) in [6.07, 6.45) is -0.365. The predicted octanol–water partition coefficient (Wildman–Crippen LogP) is 0.302. The molecule has 12 heavy (non-hydrogen) atoms. The van der Waals surface area contributed by atoms with E-state index < -0.39 is 0 Å². The Morgan fingerprint density at radius 2 is 1.83 bits per heavy atom. The number of aliphatic hydroxyl groups excluding tert-OH is 1. The number of benzene rings is 1. The van der Waals surface area contributed by atoms with E-state index in [9.17, 15) is 5.11 Å². The Kier molecular flexibility index (Phi) is 3.26. The van der Waals surface area contributed by atoms with E-state index >= 15 is 0 Å². The number of quaternary nitrogens is 1. The van der Waals surface area contributed by atoms with Crippen LogP contribution >= 0.6 is 0 Å². The Balaban J connectivity index is 2.71. The summed E-state index contributed by atoms with van der Waals surface area (Å²) in [5.74, 6) is 0. The molecule has 0 aliphatic rings. The molecule has 0 aliphatic carbocycles. The predicted molar refractivity (Wildman–Crippen MR) is 48.7 cm³/mol. The Hall–Kier alpha value is -0.860. The Labute approximate surface area is 73.2 Å². The largest absolute Gasteiger partial charge is 0.382 e. The molecule has 1 aromatic carbocycles. The van der Waals surface area contributed by atoms with Crippen molar-refractivity contribution in [3.05, 3.63) is 35.9 Å². The van der Waals surface area contributed by atoms with Crippen LogP contribution in [-0.2, 0) is 0 Å². The van der Waals surface area contributed by atoms with Crippen LogP contribution in [0.15, 0.2) is 30.3 Å². The van der Waals surface area contributed by atoms with Gasteiger partial charge in [0, 0.05) is 0 Å². The van der Waals surface area contributed by atoms with Gasteiger partial charge in [0.25, 0.3) is 0 Å². The molecule has 2 atom stereocenters. The molecule has 0 heterocycles. The molecular weight excluding hydrogens is 150 g/mol. The van der Waals surface area contributed by atoms with Gasteiger partial charge >= 0.3 is 0 Å². The lowest BCUT2D eigenvalue weighted by Gasteiger charge is -2.15. The first-order chi connectivity index (χ1) is 5.75. The molecule has 0 bridgehead atoms. The molecule has 0 saturated heterocycles. The lowest BCUT2D eigenvalue weighted by atomic mass is 10.0. The van der Waals surface area contributed by atoms with Crippen LogP contribution in [0.5, 0.6) is 0 Å². The summed E-state index contributed by atoms with van der Waals surface area (Å²) in [6, 6.07) is 9.96. The highest BCUT2D eigenvalue weighted by Crippen LogP contribution is 2.13. The van der Waals surface area contributed by atoms with Gasteiger partial charge < -0.3 is 10.4 Å². The molecular formula is C10H16NO+. The van der Waals surface area contributed by atoms with Gasteiger partial charge in [-0.2, -0.15) is 0 Å². The van der Waals surface area contributed by atoms with E-state index in [1.54, 1.807) is 0 Å². The quantitative estimate of drug-likeness (QED) is 0.666. The van der Waals surface area contributed by atoms with E-state index in [1.807, 2.05) is 49.6 Å². The van der Waals surface area contributed by atoms with Crippen LogP contribution in [0.1, 0.15) is 18.6 Å². The Bertz CT molecular complexity index is 223. The van der Waals surface area contributed by atoms with E-state index in [4.69, 9.17) is 0 Å². The van der Waals surface area contributed by atoms with E-state index in [2.05, 4.69) is 0 Å². The average Bonchev–Trinajstić information content (AvgIpc) is 2.17. The summed E-state index contributed by atoms with van der Waals surface area (Å²) < 4.78 is 0. The van der Waals surface area contributed by atoms with Crippen molar-refractivity contribution in [2.45, 2.75) is 19.1 Å². The van der Waals surface area contributed by atoms with Gasteiger partial charge in [-0.05, 0) is 12.5 Å². The number of hydrogen-bond acceptors (Lipinski definition) is 1. The summed E-state index contributed by atoms with van der Waals surface area (Å²) in [4.78, 5) is 0. The van der Waals surface area contributed by atoms with Crippen molar-refractivity contribution >= 4 is 0 Å². The third-order valence-corrected chi connectivity index (χ3v) is 2.16. The lowest BCUT2D eigenvalue weighted by molar-refractivity contribution is -0.669. The number of aliphatic hydroxyl groups is 1. The topological polar surface area (TPSA) is 36.8 Å². The highest BCUT2D eigenvalue weighted by molar-refractivity contribution is 5.17. The van der Waals surface area contributed by atoms with Gasteiger partial charge in [-0.15, -0.1) is 0 Å². The van der Waals surface area contributed by atoms with Gasteiger partial charge in [0.1, 0.15) is 12.1 Å². The first-order valence-electron chi connectivity index (χ1n) is 4.28. The first kappa shape index (κ1) is 9.23. The van der Waals surface area contributed by atoms with Crippen LogP contribution in [0.25, 0.3) is 0 Å². The SMILES string of the molecule is C[NH2+][C@@H](C)C(O)c1ccccc1. The van der Waals surface area contributed by atoms with E-state index in [0.29, 0.717) is 0 Å². The minimum absolute atomic E-state index is 0.215. The molecule has 1 aromatic rings. The summed E-state index contributed by atoms with van der Waals surface area (Å²) in [5, 5.41) is 11.8. The lowest BCUT2D eigenvalue weighted by Crippen LogP contribution is -2.86. The van der Waals surface area contributed by atoms with Crippen LogP contribution in [0, 0.1) is 0 Å². The van der Waals surface area contributed by atoms with Crippen molar-refractivity contribution in [1.82, 2.24) is 0 Å². The van der Waals surface area contributed by atoms with Gasteiger partial charge in [-0.3, -0.25) is 0 Å². The molecule has 0 saturated carbocycles. The van der Waals surface area contributed by atoms with Crippen LogP contribution in [0.4, 0.5) is 0 Å². The zero-order chi connectivity index (χ0) is 8.97. The second-order valence-electron chi connectivity index (χ2n) is 3.05. The van der Waals surface area contributed by atoms with E-state index in [1.165, 1.54) is 0 Å². The number of rotatable bonds is 3. The Morgan fingerprint density at radius 1 is 1.25 bits per heavy atom. The van der Waals surface area contributed by atoms with Crippen LogP contribution in [0.2, 0.25) is 0 Å². The monoisotopic (exact) mass is 166 g/mol. The van der Waals surface area contributed by atoms with Gasteiger partial charge in [0.15, 0.2) is 0 Å². The fourth-order valence-corrected chi connectivity index (χ4v) is 1.14. The maximum atomic E-state index is 9.76. The molecule has 3 N–H and O–H groups in total. The zero-order valence-corrected chi connectivity index (χ0v) is 7.57. The Morgan fingerprint density at radius 3 is 2.33 bits per heavy atom. The van der Waals surface area contributed by atoms with Crippen molar-refractivity contribution < 1.29 is 10.4 Å². The van der Waals surface area contributed by atoms with Gasteiger partial charge in [-0.1, -0.05) is 30.3 Å². The van der Waals surface area contributed by atoms with Crippen LogP contribution < -0.4 is 5.32 Å². The number of hydrogen-bond donors (Lipinski definition) is 2. The molecule has 2 nitrogen and oxygen atoms in total. The normalized spacial score (nSPS) is 15.6. The first-order valence-corrected chi connectivity index (χ1v) is 4.28. The highest BCUT2D eigenvalue weighted by atomic mass is 16.3. The highest BCUT2D eigenvalue weighted by Gasteiger charge is 2.16. The van der Waals surface area contributed by atoms with Crippen LogP contribution in [-0.4, -0.2) is 18.2 Å². The fraction of sp³-hybridized carbons (Fsp3) is 0.400. The third-order valence-electron chi connectivity index (χ3n) is 2.16. The molecule has 0 amide bonds. The van der Waals surface area contributed by atoms with Gasteiger partial charge in [-0.25, -0.2) is 0 Å². The molecule has 0 aromatic heterocycles. The molecule has 0 spiro atoms. The van der Waals surface area contributed by atoms with E-state index in [0.717, 1.165) is 5.56 Å². The van der Waals surface area contributed by atoms with Crippen molar-refractivity contribution in [2.24, 2.45) is 0 Å². The summed E-state index contributed by atoms with van der Waals surface area (Å²) in [5.41, 5.74) is 0.989. The minimum Gasteiger partial charge on any atom is -0.382 e. The molecule has 66 valence electrons. The molecule has 1 unspecified atom stereocenters. The second kappa shape index (κ2) is 4.24. The molecule has 0 fully saturated rings.